The SMILES string of the molecule is CC1(c2ccccc2)c2ccccc2-c2cccc(-c3nc(-c4ccc(-c5c6ccccc6cc6c5ccc5ccccc56)cc4)nc(-c4ccccc4-c4ccccc4)n3)c21. The Morgan fingerprint density at radius 2 is 0.887 bits per heavy atom. The number of aromatic nitrogens is 3. The van der Waals surface area contributed by atoms with Crippen molar-refractivity contribution in [1.82, 2.24) is 15.0 Å². The highest BCUT2D eigenvalue weighted by Crippen LogP contribution is 2.55. The number of hydrogen-bond donors (Lipinski definition) is 0. The van der Waals surface area contributed by atoms with E-state index in [1.165, 1.54) is 65.7 Å². The minimum atomic E-state index is -0.438. The zero-order valence-corrected chi connectivity index (χ0v) is 34.1. The summed E-state index contributed by atoms with van der Waals surface area (Å²) in [6.45, 7) is 2.35. The first-order valence-electron chi connectivity index (χ1n) is 21.3. The molecular formula is C59H39N3. The van der Waals surface area contributed by atoms with Gasteiger partial charge < -0.3 is 0 Å². The largest absolute Gasteiger partial charge is 0.208 e. The van der Waals surface area contributed by atoms with Crippen LogP contribution in [0.2, 0.25) is 0 Å². The zero-order valence-electron chi connectivity index (χ0n) is 34.1. The summed E-state index contributed by atoms with van der Waals surface area (Å²) < 4.78 is 0. The summed E-state index contributed by atoms with van der Waals surface area (Å²) in [7, 11) is 0. The molecule has 1 aromatic heterocycles. The summed E-state index contributed by atoms with van der Waals surface area (Å²) in [5.41, 5.74) is 13.2. The second-order valence-corrected chi connectivity index (χ2v) is 16.4. The molecule has 3 heteroatoms. The molecule has 12 rings (SSSR count). The van der Waals surface area contributed by atoms with Gasteiger partial charge in [0, 0.05) is 22.1 Å². The zero-order chi connectivity index (χ0) is 41.2. The van der Waals surface area contributed by atoms with Gasteiger partial charge >= 0.3 is 0 Å². The Balaban J connectivity index is 1.07. The van der Waals surface area contributed by atoms with E-state index in [0.717, 1.165) is 33.4 Å². The maximum Gasteiger partial charge on any atom is 0.164 e. The van der Waals surface area contributed by atoms with Crippen LogP contribution in [-0.4, -0.2) is 15.0 Å². The fourth-order valence-corrected chi connectivity index (χ4v) is 10.1. The quantitative estimate of drug-likeness (QED) is 0.124. The van der Waals surface area contributed by atoms with E-state index in [1.54, 1.807) is 0 Å². The molecule has 3 nitrogen and oxygen atoms in total. The van der Waals surface area contributed by atoms with Crippen molar-refractivity contribution in [3.8, 4) is 67.5 Å². The maximum atomic E-state index is 5.42. The van der Waals surface area contributed by atoms with Crippen molar-refractivity contribution >= 4 is 32.3 Å². The highest BCUT2D eigenvalue weighted by molar-refractivity contribution is 6.20. The average Bonchev–Trinajstić information content (AvgIpc) is 3.62. The molecule has 1 aliphatic rings. The molecule has 1 aliphatic carbocycles. The number of hydrogen-bond acceptors (Lipinski definition) is 3. The van der Waals surface area contributed by atoms with Crippen molar-refractivity contribution in [1.29, 1.82) is 0 Å². The Morgan fingerprint density at radius 3 is 1.68 bits per heavy atom. The summed E-state index contributed by atoms with van der Waals surface area (Å²) in [6.07, 6.45) is 0. The van der Waals surface area contributed by atoms with Crippen LogP contribution in [0.15, 0.2) is 218 Å². The van der Waals surface area contributed by atoms with Crippen molar-refractivity contribution < 1.29 is 0 Å². The molecule has 0 N–H and O–H groups in total. The van der Waals surface area contributed by atoms with Gasteiger partial charge in [0.1, 0.15) is 0 Å². The van der Waals surface area contributed by atoms with E-state index >= 15 is 0 Å². The molecule has 0 amide bonds. The van der Waals surface area contributed by atoms with Crippen molar-refractivity contribution in [2.24, 2.45) is 0 Å². The molecule has 0 saturated heterocycles. The molecule has 0 radical (unpaired) electrons. The molecule has 10 aromatic carbocycles. The Morgan fingerprint density at radius 1 is 0.323 bits per heavy atom. The fourth-order valence-electron chi connectivity index (χ4n) is 10.1. The third-order valence-corrected chi connectivity index (χ3v) is 13.0. The van der Waals surface area contributed by atoms with Crippen LogP contribution in [0.1, 0.15) is 23.6 Å². The number of fused-ring (bicyclic) bond motifs is 7. The Labute approximate surface area is 360 Å². The lowest BCUT2D eigenvalue weighted by molar-refractivity contribution is 0.714. The lowest BCUT2D eigenvalue weighted by Gasteiger charge is -2.30. The maximum absolute atomic E-state index is 5.42. The lowest BCUT2D eigenvalue weighted by atomic mass is 9.72. The Kier molecular flexibility index (Phi) is 8.29. The van der Waals surface area contributed by atoms with Gasteiger partial charge in [0.15, 0.2) is 17.5 Å². The first kappa shape index (κ1) is 35.9. The van der Waals surface area contributed by atoms with Crippen LogP contribution in [0.25, 0.3) is 99.9 Å². The van der Waals surface area contributed by atoms with Gasteiger partial charge in [-0.05, 0) is 95.4 Å². The van der Waals surface area contributed by atoms with Crippen LogP contribution in [0.4, 0.5) is 0 Å². The summed E-state index contributed by atoms with van der Waals surface area (Å²) in [5.74, 6) is 1.91. The molecule has 0 fully saturated rings. The first-order chi connectivity index (χ1) is 30.6. The highest BCUT2D eigenvalue weighted by atomic mass is 15.0. The topological polar surface area (TPSA) is 38.7 Å². The fraction of sp³-hybridized carbons (Fsp3) is 0.0339. The third-order valence-electron chi connectivity index (χ3n) is 13.0. The van der Waals surface area contributed by atoms with Crippen LogP contribution < -0.4 is 0 Å². The van der Waals surface area contributed by atoms with Crippen molar-refractivity contribution in [2.45, 2.75) is 12.3 Å². The van der Waals surface area contributed by atoms with E-state index in [0.29, 0.717) is 17.5 Å². The van der Waals surface area contributed by atoms with E-state index in [9.17, 15) is 0 Å². The van der Waals surface area contributed by atoms with Crippen LogP contribution >= 0.6 is 0 Å². The number of benzene rings is 10. The predicted molar refractivity (Wildman–Crippen MR) is 257 cm³/mol. The van der Waals surface area contributed by atoms with Crippen molar-refractivity contribution in [3.05, 3.63) is 235 Å². The van der Waals surface area contributed by atoms with Gasteiger partial charge in [0.25, 0.3) is 0 Å². The molecule has 1 unspecified atom stereocenters. The van der Waals surface area contributed by atoms with Crippen molar-refractivity contribution in [2.75, 3.05) is 0 Å². The molecule has 0 spiro atoms. The van der Waals surface area contributed by atoms with Crippen LogP contribution in [0.5, 0.6) is 0 Å². The molecular weight excluding hydrogens is 751 g/mol. The normalized spacial score (nSPS) is 14.3. The molecule has 1 atom stereocenters. The summed E-state index contributed by atoms with van der Waals surface area (Å²) >= 11 is 0. The van der Waals surface area contributed by atoms with Crippen LogP contribution in [-0.2, 0) is 5.41 Å². The van der Waals surface area contributed by atoms with Crippen molar-refractivity contribution in [3.63, 3.8) is 0 Å². The smallest absolute Gasteiger partial charge is 0.164 e. The van der Waals surface area contributed by atoms with E-state index in [2.05, 4.69) is 225 Å². The average molecular weight is 790 g/mol. The standard InChI is InChI=1S/C59H39N3/c1-59(43-21-6-3-7-22-43)53-30-15-14-26-47(53)49-28-16-29-51(55(49)59)58-61-56(60-57(62-58)50-27-13-12-23-44(50)38-17-4-2-5-18-38)41-33-31-40(32-34-41)54-46-25-11-9-20-42(46)37-52-45-24-10-8-19-39(45)35-36-48(52)54/h2-37H,1H3. The van der Waals surface area contributed by atoms with Gasteiger partial charge in [-0.2, -0.15) is 0 Å². The van der Waals surface area contributed by atoms with Crippen LogP contribution in [0.3, 0.4) is 0 Å². The first-order valence-corrected chi connectivity index (χ1v) is 21.3. The van der Waals surface area contributed by atoms with Gasteiger partial charge in [-0.1, -0.05) is 212 Å². The molecule has 0 saturated carbocycles. The molecule has 62 heavy (non-hydrogen) atoms. The van der Waals surface area contributed by atoms with Gasteiger partial charge in [0.05, 0.1) is 0 Å². The second kappa shape index (κ2) is 14.3. The Hall–Kier alpha value is -8.01. The molecule has 1 heterocycles. The monoisotopic (exact) mass is 789 g/mol. The van der Waals surface area contributed by atoms with E-state index in [1.807, 2.05) is 0 Å². The minimum Gasteiger partial charge on any atom is -0.208 e. The van der Waals surface area contributed by atoms with Gasteiger partial charge in [-0.15, -0.1) is 0 Å². The summed E-state index contributed by atoms with van der Waals surface area (Å²) in [5, 5.41) is 7.44. The van der Waals surface area contributed by atoms with E-state index in [-0.39, 0.29) is 0 Å². The predicted octanol–water partition coefficient (Wildman–Crippen LogP) is 15.0. The number of rotatable bonds is 6. The second-order valence-electron chi connectivity index (χ2n) is 16.4. The van der Waals surface area contributed by atoms with Gasteiger partial charge in [-0.25, -0.2) is 15.0 Å². The lowest BCUT2D eigenvalue weighted by Crippen LogP contribution is -2.23. The molecule has 0 bridgehead atoms. The summed E-state index contributed by atoms with van der Waals surface area (Å²) in [6, 6.07) is 78.2. The minimum absolute atomic E-state index is 0.438. The van der Waals surface area contributed by atoms with Gasteiger partial charge in [0.2, 0.25) is 0 Å². The molecule has 11 aromatic rings. The van der Waals surface area contributed by atoms with E-state index < -0.39 is 5.41 Å². The van der Waals surface area contributed by atoms with E-state index in [4.69, 9.17) is 15.0 Å². The number of nitrogens with zero attached hydrogens (tertiary/aromatic N) is 3. The third kappa shape index (κ3) is 5.63. The highest BCUT2D eigenvalue weighted by Gasteiger charge is 2.43. The van der Waals surface area contributed by atoms with Crippen LogP contribution in [0, 0.1) is 0 Å². The Bertz CT molecular complexity index is 3520. The molecule has 290 valence electrons. The molecule has 0 aliphatic heterocycles. The van der Waals surface area contributed by atoms with Gasteiger partial charge in [-0.3, -0.25) is 0 Å². The summed E-state index contributed by atoms with van der Waals surface area (Å²) in [4.78, 5) is 16.2.